The van der Waals surface area contributed by atoms with E-state index in [4.69, 9.17) is 5.11 Å². The van der Waals surface area contributed by atoms with Gasteiger partial charge in [0.25, 0.3) is 0 Å². The largest absolute Gasteiger partial charge is 0.481 e. The quantitative estimate of drug-likeness (QED) is 0.720. The molecule has 0 atom stereocenters. The molecule has 0 heterocycles. The van der Waals surface area contributed by atoms with E-state index in [1.165, 1.54) is 6.92 Å². The number of carboxylic acid groups (broad SMARTS) is 1. The van der Waals surface area contributed by atoms with Crippen LogP contribution in [-0.4, -0.2) is 34.0 Å². The molecule has 1 amide bonds. The summed E-state index contributed by atoms with van der Waals surface area (Å²) >= 11 is 0. The van der Waals surface area contributed by atoms with Crippen molar-refractivity contribution in [1.29, 1.82) is 0 Å². The van der Waals surface area contributed by atoms with Gasteiger partial charge in [0.05, 0.1) is 6.42 Å². The summed E-state index contributed by atoms with van der Waals surface area (Å²) in [5, 5.41) is 8.47. The Morgan fingerprint density at radius 3 is 2.00 bits per heavy atom. The van der Waals surface area contributed by atoms with Crippen molar-refractivity contribution in [3.63, 3.8) is 0 Å². The van der Waals surface area contributed by atoms with Crippen LogP contribution in [0.1, 0.15) is 34.1 Å². The Morgan fingerprint density at radius 2 is 1.77 bits per heavy atom. The Hall–Kier alpha value is -1.06. The zero-order chi connectivity index (χ0) is 10.6. The molecule has 4 nitrogen and oxygen atoms in total. The van der Waals surface area contributed by atoms with Crippen LogP contribution >= 0.6 is 0 Å². The van der Waals surface area contributed by atoms with Gasteiger partial charge in [0.15, 0.2) is 0 Å². The number of hydrogen-bond acceptors (Lipinski definition) is 2. The SMILES string of the molecule is CC(=O)N(CCC(=O)O)C(C)(C)C. The lowest BCUT2D eigenvalue weighted by Crippen LogP contribution is -2.45. The zero-order valence-corrected chi connectivity index (χ0v) is 8.63. The summed E-state index contributed by atoms with van der Waals surface area (Å²) in [5.74, 6) is -0.968. The monoisotopic (exact) mass is 187 g/mol. The minimum Gasteiger partial charge on any atom is -0.481 e. The van der Waals surface area contributed by atoms with Crippen LogP contribution in [0.4, 0.5) is 0 Å². The summed E-state index contributed by atoms with van der Waals surface area (Å²) in [6.07, 6.45) is -0.00313. The van der Waals surface area contributed by atoms with Crippen molar-refractivity contribution in [2.24, 2.45) is 0 Å². The van der Waals surface area contributed by atoms with E-state index in [1.807, 2.05) is 20.8 Å². The van der Waals surface area contributed by atoms with Crippen LogP contribution in [0.5, 0.6) is 0 Å². The molecule has 0 saturated carbocycles. The van der Waals surface area contributed by atoms with Crippen LogP contribution in [0, 0.1) is 0 Å². The first-order chi connectivity index (χ1) is 5.75. The highest BCUT2D eigenvalue weighted by Crippen LogP contribution is 2.13. The molecule has 0 bridgehead atoms. The summed E-state index contributed by atoms with van der Waals surface area (Å²) in [6.45, 7) is 7.38. The maximum absolute atomic E-state index is 11.1. The molecule has 0 aromatic carbocycles. The highest BCUT2D eigenvalue weighted by atomic mass is 16.4. The van der Waals surface area contributed by atoms with E-state index in [0.29, 0.717) is 0 Å². The van der Waals surface area contributed by atoms with E-state index in [1.54, 1.807) is 4.90 Å². The maximum Gasteiger partial charge on any atom is 0.305 e. The third-order valence-corrected chi connectivity index (χ3v) is 1.74. The average Bonchev–Trinajstić information content (AvgIpc) is 1.81. The molecule has 0 aromatic heterocycles. The molecule has 0 aliphatic carbocycles. The van der Waals surface area contributed by atoms with Crippen molar-refractivity contribution in [3.8, 4) is 0 Å². The Morgan fingerprint density at radius 1 is 1.31 bits per heavy atom. The van der Waals surface area contributed by atoms with Crippen LogP contribution < -0.4 is 0 Å². The molecule has 0 radical (unpaired) electrons. The summed E-state index contributed by atoms with van der Waals surface area (Å²) in [4.78, 5) is 23.0. The number of hydrogen-bond donors (Lipinski definition) is 1. The lowest BCUT2D eigenvalue weighted by molar-refractivity contribution is -0.139. The number of carbonyl (C=O) groups excluding carboxylic acids is 1. The molecule has 0 aromatic rings. The number of carboxylic acids is 1. The number of rotatable bonds is 3. The van der Waals surface area contributed by atoms with Crippen molar-refractivity contribution in [1.82, 2.24) is 4.90 Å². The lowest BCUT2D eigenvalue weighted by atomic mass is 10.1. The van der Waals surface area contributed by atoms with Gasteiger partial charge in [-0.05, 0) is 20.8 Å². The Labute approximate surface area is 78.5 Å². The van der Waals surface area contributed by atoms with E-state index in [-0.39, 0.29) is 24.4 Å². The van der Waals surface area contributed by atoms with Crippen molar-refractivity contribution in [2.45, 2.75) is 39.7 Å². The van der Waals surface area contributed by atoms with Gasteiger partial charge in [-0.15, -0.1) is 0 Å². The van der Waals surface area contributed by atoms with Gasteiger partial charge in [-0.2, -0.15) is 0 Å². The summed E-state index contributed by atoms with van der Waals surface area (Å²) in [6, 6.07) is 0. The van der Waals surface area contributed by atoms with Gasteiger partial charge < -0.3 is 10.0 Å². The smallest absolute Gasteiger partial charge is 0.305 e. The standard InChI is InChI=1S/C9H17NO3/c1-7(11)10(9(2,3)4)6-5-8(12)13/h5-6H2,1-4H3,(H,12,13). The summed E-state index contributed by atoms with van der Waals surface area (Å²) < 4.78 is 0. The highest BCUT2D eigenvalue weighted by molar-refractivity contribution is 5.75. The van der Waals surface area contributed by atoms with E-state index in [0.717, 1.165) is 0 Å². The van der Waals surface area contributed by atoms with E-state index < -0.39 is 5.97 Å². The maximum atomic E-state index is 11.1. The van der Waals surface area contributed by atoms with Gasteiger partial charge in [0.1, 0.15) is 0 Å². The fourth-order valence-corrected chi connectivity index (χ4v) is 1.17. The number of carbonyl (C=O) groups is 2. The van der Waals surface area contributed by atoms with Crippen LogP contribution in [0.15, 0.2) is 0 Å². The first kappa shape index (κ1) is 11.9. The minimum atomic E-state index is -0.879. The first-order valence-corrected chi connectivity index (χ1v) is 4.25. The molecule has 0 rings (SSSR count). The van der Waals surface area contributed by atoms with Gasteiger partial charge in [0, 0.05) is 19.0 Å². The summed E-state index contributed by atoms with van der Waals surface area (Å²) in [7, 11) is 0. The molecular formula is C9H17NO3. The van der Waals surface area contributed by atoms with Crippen molar-refractivity contribution < 1.29 is 14.7 Å². The predicted octanol–water partition coefficient (Wildman–Crippen LogP) is 1.11. The van der Waals surface area contributed by atoms with Gasteiger partial charge in [-0.3, -0.25) is 9.59 Å². The van der Waals surface area contributed by atoms with Crippen LogP contribution in [0.3, 0.4) is 0 Å². The molecular weight excluding hydrogens is 170 g/mol. The van der Waals surface area contributed by atoms with Crippen LogP contribution in [-0.2, 0) is 9.59 Å². The first-order valence-electron chi connectivity index (χ1n) is 4.25. The van der Waals surface area contributed by atoms with Gasteiger partial charge >= 0.3 is 5.97 Å². The Kier molecular flexibility index (Phi) is 3.91. The fourth-order valence-electron chi connectivity index (χ4n) is 1.17. The molecule has 0 spiro atoms. The van der Waals surface area contributed by atoms with Crippen molar-refractivity contribution >= 4 is 11.9 Å². The topological polar surface area (TPSA) is 57.6 Å². The third-order valence-electron chi connectivity index (χ3n) is 1.74. The van der Waals surface area contributed by atoms with Crippen LogP contribution in [0.2, 0.25) is 0 Å². The molecule has 0 unspecified atom stereocenters. The summed E-state index contributed by atoms with van der Waals surface area (Å²) in [5.41, 5.74) is -0.304. The molecule has 0 fully saturated rings. The molecule has 0 saturated heterocycles. The second-order valence-electron chi connectivity index (χ2n) is 3.99. The molecule has 4 heteroatoms. The van der Waals surface area contributed by atoms with E-state index >= 15 is 0 Å². The lowest BCUT2D eigenvalue weighted by Gasteiger charge is -2.34. The second-order valence-corrected chi connectivity index (χ2v) is 3.99. The Balaban J connectivity index is 4.28. The average molecular weight is 187 g/mol. The second kappa shape index (κ2) is 4.25. The number of nitrogens with zero attached hydrogens (tertiary/aromatic N) is 1. The van der Waals surface area contributed by atoms with Crippen molar-refractivity contribution in [2.75, 3.05) is 6.54 Å². The molecule has 0 aliphatic rings. The number of amides is 1. The highest BCUT2D eigenvalue weighted by Gasteiger charge is 2.23. The zero-order valence-electron chi connectivity index (χ0n) is 8.63. The third kappa shape index (κ3) is 4.50. The molecule has 1 N–H and O–H groups in total. The van der Waals surface area contributed by atoms with Gasteiger partial charge in [-0.1, -0.05) is 0 Å². The van der Waals surface area contributed by atoms with Crippen LogP contribution in [0.25, 0.3) is 0 Å². The van der Waals surface area contributed by atoms with Crippen molar-refractivity contribution in [3.05, 3.63) is 0 Å². The van der Waals surface area contributed by atoms with Gasteiger partial charge in [-0.25, -0.2) is 0 Å². The molecule has 76 valence electrons. The predicted molar refractivity (Wildman–Crippen MR) is 49.4 cm³/mol. The van der Waals surface area contributed by atoms with E-state index in [2.05, 4.69) is 0 Å². The molecule has 13 heavy (non-hydrogen) atoms. The number of aliphatic carboxylic acids is 1. The van der Waals surface area contributed by atoms with E-state index in [9.17, 15) is 9.59 Å². The normalized spacial score (nSPS) is 11.1. The molecule has 0 aliphatic heterocycles. The minimum absolute atomic E-state index is 0.00313. The Bertz CT molecular complexity index is 205. The fraction of sp³-hybridized carbons (Fsp3) is 0.778. The van der Waals surface area contributed by atoms with Gasteiger partial charge in [0.2, 0.25) is 5.91 Å².